The second kappa shape index (κ2) is 6.44. The van der Waals surface area contributed by atoms with E-state index in [1.165, 1.54) is 0 Å². The van der Waals surface area contributed by atoms with Crippen LogP contribution in [0.25, 0.3) is 0 Å². The van der Waals surface area contributed by atoms with E-state index in [1.54, 1.807) is 0 Å². The Hall–Kier alpha value is -1.50. The Kier molecular flexibility index (Phi) is 5.21. The van der Waals surface area contributed by atoms with Gasteiger partial charge in [-0.05, 0) is 19.3 Å². The smallest absolute Gasteiger partial charge is 0.310 e. The number of carbonyl (C=O) groups is 2. The maximum atomic E-state index is 11.9. The van der Waals surface area contributed by atoms with Crippen LogP contribution in [-0.2, 0) is 9.59 Å². The van der Waals surface area contributed by atoms with Crippen molar-refractivity contribution in [1.29, 1.82) is 0 Å². The quantitative estimate of drug-likeness (QED) is 0.734. The van der Waals surface area contributed by atoms with Crippen molar-refractivity contribution in [3.63, 3.8) is 0 Å². The van der Waals surface area contributed by atoms with Gasteiger partial charge in [0.25, 0.3) is 0 Å². The van der Waals surface area contributed by atoms with Gasteiger partial charge in [-0.25, -0.2) is 0 Å². The third kappa shape index (κ3) is 3.49. The van der Waals surface area contributed by atoms with Crippen LogP contribution in [0.1, 0.15) is 51.9 Å². The Morgan fingerprint density at radius 1 is 1.39 bits per heavy atom. The summed E-state index contributed by atoms with van der Waals surface area (Å²) < 4.78 is 0. The van der Waals surface area contributed by atoms with Gasteiger partial charge in [-0.15, -0.1) is 6.42 Å². The van der Waals surface area contributed by atoms with Gasteiger partial charge in [0, 0.05) is 6.42 Å². The molecule has 1 rings (SSSR count). The third-order valence-corrected chi connectivity index (χ3v) is 3.71. The average Bonchev–Trinajstić information content (AvgIpc) is 2.36. The highest BCUT2D eigenvalue weighted by Crippen LogP contribution is 2.39. The van der Waals surface area contributed by atoms with Crippen LogP contribution >= 0.6 is 0 Å². The Labute approximate surface area is 108 Å². The molecule has 18 heavy (non-hydrogen) atoms. The van der Waals surface area contributed by atoms with Crippen LogP contribution in [0.2, 0.25) is 0 Å². The molecule has 2 N–H and O–H groups in total. The standard InChI is InChI=1S/C14H21NO3/c1-3-11(4-2)15-12(16)10-14(13(17)18)8-6-5-7-9-14/h1,11H,4-10H2,2H3,(H,15,16)(H,17,18). The van der Waals surface area contributed by atoms with Gasteiger partial charge in [-0.3, -0.25) is 9.59 Å². The zero-order valence-electron chi connectivity index (χ0n) is 10.9. The van der Waals surface area contributed by atoms with E-state index in [0.29, 0.717) is 19.3 Å². The molecule has 1 atom stereocenters. The molecule has 100 valence electrons. The Balaban J connectivity index is 2.64. The summed E-state index contributed by atoms with van der Waals surface area (Å²) in [6, 6.07) is -0.299. The van der Waals surface area contributed by atoms with Crippen LogP contribution in [0.5, 0.6) is 0 Å². The second-order valence-corrected chi connectivity index (χ2v) is 5.02. The summed E-state index contributed by atoms with van der Waals surface area (Å²) in [7, 11) is 0. The number of carbonyl (C=O) groups excluding carboxylic acids is 1. The van der Waals surface area contributed by atoms with Crippen LogP contribution in [-0.4, -0.2) is 23.0 Å². The lowest BCUT2D eigenvalue weighted by Crippen LogP contribution is -2.41. The molecule has 1 amide bonds. The average molecular weight is 251 g/mol. The molecule has 1 fully saturated rings. The van der Waals surface area contributed by atoms with Gasteiger partial charge in [-0.2, -0.15) is 0 Å². The molecular formula is C14H21NO3. The predicted molar refractivity (Wildman–Crippen MR) is 68.8 cm³/mol. The van der Waals surface area contributed by atoms with Gasteiger partial charge in [0.15, 0.2) is 0 Å². The lowest BCUT2D eigenvalue weighted by atomic mass is 9.71. The van der Waals surface area contributed by atoms with Crippen molar-refractivity contribution in [2.75, 3.05) is 0 Å². The van der Waals surface area contributed by atoms with Crippen molar-refractivity contribution >= 4 is 11.9 Å². The van der Waals surface area contributed by atoms with Crippen molar-refractivity contribution in [2.24, 2.45) is 5.41 Å². The second-order valence-electron chi connectivity index (χ2n) is 5.02. The van der Waals surface area contributed by atoms with E-state index in [9.17, 15) is 14.7 Å². The van der Waals surface area contributed by atoms with Crippen molar-refractivity contribution in [3.8, 4) is 12.3 Å². The van der Waals surface area contributed by atoms with Crippen molar-refractivity contribution in [2.45, 2.75) is 57.9 Å². The zero-order valence-corrected chi connectivity index (χ0v) is 10.9. The molecule has 1 aliphatic rings. The van der Waals surface area contributed by atoms with Crippen molar-refractivity contribution in [3.05, 3.63) is 0 Å². The minimum absolute atomic E-state index is 0.0422. The summed E-state index contributed by atoms with van der Waals surface area (Å²) in [5, 5.41) is 12.1. The molecule has 0 radical (unpaired) electrons. The van der Waals surface area contributed by atoms with Gasteiger partial charge in [-0.1, -0.05) is 32.1 Å². The number of carboxylic acid groups (broad SMARTS) is 1. The normalized spacial score (nSPS) is 19.6. The summed E-state index contributed by atoms with van der Waals surface area (Å²) in [6.45, 7) is 1.89. The van der Waals surface area contributed by atoms with Gasteiger partial charge in [0.2, 0.25) is 5.91 Å². The van der Waals surface area contributed by atoms with Crippen LogP contribution in [0.4, 0.5) is 0 Å². The topological polar surface area (TPSA) is 66.4 Å². The van der Waals surface area contributed by atoms with Crippen LogP contribution < -0.4 is 5.32 Å². The Bertz CT molecular complexity index is 351. The van der Waals surface area contributed by atoms with Gasteiger partial charge in [0.1, 0.15) is 0 Å². The fourth-order valence-electron chi connectivity index (χ4n) is 2.51. The molecule has 0 aliphatic heterocycles. The van der Waals surface area contributed by atoms with E-state index in [4.69, 9.17) is 6.42 Å². The van der Waals surface area contributed by atoms with E-state index in [-0.39, 0.29) is 18.4 Å². The van der Waals surface area contributed by atoms with E-state index in [1.807, 2.05) is 6.92 Å². The van der Waals surface area contributed by atoms with Crippen molar-refractivity contribution < 1.29 is 14.7 Å². The van der Waals surface area contributed by atoms with E-state index in [2.05, 4.69) is 11.2 Å². The highest BCUT2D eigenvalue weighted by atomic mass is 16.4. The van der Waals surface area contributed by atoms with Crippen LogP contribution in [0.3, 0.4) is 0 Å². The first-order valence-electron chi connectivity index (χ1n) is 6.53. The Morgan fingerprint density at radius 2 is 2.00 bits per heavy atom. The number of carboxylic acids is 1. The fraction of sp³-hybridized carbons (Fsp3) is 0.714. The molecule has 1 aliphatic carbocycles. The number of terminal acetylenes is 1. The first-order valence-corrected chi connectivity index (χ1v) is 6.53. The fourth-order valence-corrected chi connectivity index (χ4v) is 2.51. The highest BCUT2D eigenvalue weighted by molar-refractivity contribution is 5.85. The molecule has 1 unspecified atom stereocenters. The SMILES string of the molecule is C#CC(CC)NC(=O)CC1(C(=O)O)CCCCC1. The first-order chi connectivity index (χ1) is 8.54. The molecule has 0 heterocycles. The minimum Gasteiger partial charge on any atom is -0.481 e. The molecule has 0 aromatic heterocycles. The van der Waals surface area contributed by atoms with Crippen molar-refractivity contribution in [1.82, 2.24) is 5.32 Å². The van der Waals surface area contributed by atoms with Gasteiger partial charge in [0.05, 0.1) is 11.5 Å². The number of aliphatic carboxylic acids is 1. The molecule has 0 saturated heterocycles. The molecule has 1 saturated carbocycles. The predicted octanol–water partition coefficient (Wildman–Crippen LogP) is 1.94. The summed E-state index contributed by atoms with van der Waals surface area (Å²) in [4.78, 5) is 23.3. The molecule has 0 aromatic rings. The van der Waals surface area contributed by atoms with E-state index < -0.39 is 11.4 Å². The number of hydrogen-bond donors (Lipinski definition) is 2. The van der Waals surface area contributed by atoms with Gasteiger partial charge < -0.3 is 10.4 Å². The largest absolute Gasteiger partial charge is 0.481 e. The summed E-state index contributed by atoms with van der Waals surface area (Å²) >= 11 is 0. The monoisotopic (exact) mass is 251 g/mol. The lowest BCUT2D eigenvalue weighted by molar-refractivity contribution is -0.154. The minimum atomic E-state index is -0.880. The third-order valence-electron chi connectivity index (χ3n) is 3.71. The molecular weight excluding hydrogens is 230 g/mol. The maximum Gasteiger partial charge on any atom is 0.310 e. The number of rotatable bonds is 5. The van der Waals surface area contributed by atoms with Crippen LogP contribution in [0.15, 0.2) is 0 Å². The van der Waals surface area contributed by atoms with Gasteiger partial charge >= 0.3 is 5.97 Å². The van der Waals surface area contributed by atoms with E-state index in [0.717, 1.165) is 19.3 Å². The van der Waals surface area contributed by atoms with E-state index >= 15 is 0 Å². The lowest BCUT2D eigenvalue weighted by Gasteiger charge is -2.32. The zero-order chi connectivity index (χ0) is 13.6. The molecule has 4 nitrogen and oxygen atoms in total. The molecule has 0 aromatic carbocycles. The summed E-state index contributed by atoms with van der Waals surface area (Å²) in [5.41, 5.74) is -0.880. The first kappa shape index (κ1) is 14.6. The van der Waals surface area contributed by atoms with Crippen LogP contribution in [0, 0.1) is 17.8 Å². The molecule has 0 bridgehead atoms. The Morgan fingerprint density at radius 3 is 2.44 bits per heavy atom. The molecule has 4 heteroatoms. The number of hydrogen-bond acceptors (Lipinski definition) is 2. The maximum absolute atomic E-state index is 11.9. The summed E-state index contributed by atoms with van der Waals surface area (Å²) in [5.74, 6) is 1.38. The number of nitrogens with one attached hydrogen (secondary N) is 1. The molecule has 0 spiro atoms. The summed E-state index contributed by atoms with van der Waals surface area (Å²) in [6.07, 6.45) is 9.96. The number of amides is 1. The highest BCUT2D eigenvalue weighted by Gasteiger charge is 2.41.